The number of cyclic esters (lactones) is 1. The Morgan fingerprint density at radius 1 is 1.00 bits per heavy atom. The van der Waals surface area contributed by atoms with E-state index in [1.807, 2.05) is 36.4 Å². The van der Waals surface area contributed by atoms with Crippen LogP contribution in [0.4, 0.5) is 4.79 Å². The van der Waals surface area contributed by atoms with Gasteiger partial charge in [-0.2, -0.15) is 0 Å². The van der Waals surface area contributed by atoms with Gasteiger partial charge < -0.3 is 30.3 Å². The molecular weight excluding hydrogens is 725 g/mol. The number of sulfonamides is 1. The summed E-state index contributed by atoms with van der Waals surface area (Å²) in [6, 6.07) is 4.53. The maximum Gasteiger partial charge on any atom is 0.407 e. The van der Waals surface area contributed by atoms with Crippen LogP contribution in [0.2, 0.25) is 0 Å². The number of thiazole rings is 1. The monoisotopic (exact) mass is 768 g/mol. The SMILES string of the molecule is O=C1N[C@H]2CCCCCC=C[C@@H]3C[C@@]3(C(=O)NS(=O)(=O)C3CC3)NC(=O)[C@@H]3C[C@H](CN3C2=O)NC(=O)c2csc(n2)-c2cccc(c2)OCCCCO1. The number of aromatic nitrogens is 1. The average molecular weight is 769 g/mol. The minimum Gasteiger partial charge on any atom is -0.494 e. The van der Waals surface area contributed by atoms with Crippen molar-refractivity contribution < 1.29 is 41.9 Å². The van der Waals surface area contributed by atoms with E-state index in [0.717, 1.165) is 18.4 Å². The van der Waals surface area contributed by atoms with Gasteiger partial charge in [0.05, 0.1) is 18.5 Å². The summed E-state index contributed by atoms with van der Waals surface area (Å²) in [6.07, 6.45) is 8.38. The number of fused-ring (bicyclic) bond motifs is 8. The molecule has 15 nitrogen and oxygen atoms in total. The summed E-state index contributed by atoms with van der Waals surface area (Å²) in [5.74, 6) is -2.29. The summed E-state index contributed by atoms with van der Waals surface area (Å²) >= 11 is 1.30. The second kappa shape index (κ2) is 15.5. The highest BCUT2D eigenvalue weighted by Gasteiger charge is 2.62. The summed E-state index contributed by atoms with van der Waals surface area (Å²) in [4.78, 5) is 74.6. The van der Waals surface area contributed by atoms with E-state index in [1.165, 1.54) is 16.2 Å². The molecule has 4 N–H and O–H groups in total. The third-order valence-electron chi connectivity index (χ3n) is 10.4. The van der Waals surface area contributed by atoms with Gasteiger partial charge in [0.15, 0.2) is 0 Å². The Balaban J connectivity index is 1.17. The molecule has 3 aliphatic heterocycles. The fourth-order valence-electron chi connectivity index (χ4n) is 7.14. The molecule has 2 saturated carbocycles. The van der Waals surface area contributed by atoms with Gasteiger partial charge in [-0.15, -0.1) is 11.3 Å². The Morgan fingerprint density at radius 2 is 1.81 bits per heavy atom. The van der Waals surface area contributed by atoms with E-state index >= 15 is 0 Å². The molecule has 17 heteroatoms. The van der Waals surface area contributed by atoms with E-state index in [1.54, 1.807) is 5.38 Å². The maximum atomic E-state index is 14.3. The first-order valence-electron chi connectivity index (χ1n) is 18.3. The molecule has 7 bridgehead atoms. The number of allylic oxidation sites excluding steroid dienone is 1. The third kappa shape index (κ3) is 8.51. The van der Waals surface area contributed by atoms with Crippen LogP contribution >= 0.6 is 11.3 Å². The number of rotatable bonds is 3. The van der Waals surface area contributed by atoms with E-state index in [2.05, 4.69) is 25.7 Å². The Bertz CT molecular complexity index is 1900. The third-order valence-corrected chi connectivity index (χ3v) is 13.1. The highest BCUT2D eigenvalue weighted by Crippen LogP contribution is 2.46. The van der Waals surface area contributed by atoms with Gasteiger partial charge in [0, 0.05) is 29.4 Å². The lowest BCUT2D eigenvalue weighted by Crippen LogP contribution is -2.58. The van der Waals surface area contributed by atoms with E-state index in [0.29, 0.717) is 62.3 Å². The number of alkyl carbamates (subject to hydrolysis) is 1. The van der Waals surface area contributed by atoms with Gasteiger partial charge in [-0.3, -0.25) is 23.9 Å². The van der Waals surface area contributed by atoms with Crippen LogP contribution in [-0.4, -0.2) is 96.7 Å². The van der Waals surface area contributed by atoms with Gasteiger partial charge in [-0.25, -0.2) is 18.2 Å². The van der Waals surface area contributed by atoms with Crippen molar-refractivity contribution in [3.05, 3.63) is 47.5 Å². The van der Waals surface area contributed by atoms with E-state index in [-0.39, 0.29) is 31.7 Å². The Morgan fingerprint density at radius 3 is 2.62 bits per heavy atom. The fourth-order valence-corrected chi connectivity index (χ4v) is 9.30. The van der Waals surface area contributed by atoms with Gasteiger partial charge >= 0.3 is 6.09 Å². The first-order chi connectivity index (χ1) is 25.5. The molecule has 53 heavy (non-hydrogen) atoms. The Labute approximate surface area is 311 Å². The predicted octanol–water partition coefficient (Wildman–Crippen LogP) is 2.78. The van der Waals surface area contributed by atoms with Crippen molar-refractivity contribution in [3.63, 3.8) is 0 Å². The van der Waals surface area contributed by atoms with Gasteiger partial charge in [0.25, 0.3) is 11.8 Å². The van der Waals surface area contributed by atoms with Crippen molar-refractivity contribution in [2.75, 3.05) is 19.8 Å². The maximum absolute atomic E-state index is 14.3. The molecule has 4 heterocycles. The molecule has 0 spiro atoms. The number of ether oxygens (including phenoxy) is 2. The number of carbonyl (C=O) groups excluding carboxylic acids is 5. The number of hydrogen-bond donors (Lipinski definition) is 4. The van der Waals surface area contributed by atoms with Gasteiger partial charge in [0.1, 0.15) is 34.1 Å². The lowest BCUT2D eigenvalue weighted by Gasteiger charge is -2.30. The largest absolute Gasteiger partial charge is 0.494 e. The fraction of sp³-hybridized carbons (Fsp3) is 0.556. The normalized spacial score (nSPS) is 28.7. The first kappa shape index (κ1) is 36.8. The topological polar surface area (TPSA) is 202 Å². The summed E-state index contributed by atoms with van der Waals surface area (Å²) in [7, 11) is -3.90. The molecule has 7 rings (SSSR count). The van der Waals surface area contributed by atoms with Gasteiger partial charge in [-0.1, -0.05) is 37.1 Å². The highest BCUT2D eigenvalue weighted by molar-refractivity contribution is 7.91. The van der Waals surface area contributed by atoms with Crippen molar-refractivity contribution in [2.45, 2.75) is 99.5 Å². The van der Waals surface area contributed by atoms with E-state index in [9.17, 15) is 32.4 Å². The summed E-state index contributed by atoms with van der Waals surface area (Å²) in [5, 5.41) is 10.1. The number of hydrogen-bond acceptors (Lipinski definition) is 11. The predicted molar refractivity (Wildman–Crippen MR) is 193 cm³/mol. The second-order valence-electron chi connectivity index (χ2n) is 14.4. The lowest BCUT2D eigenvalue weighted by molar-refractivity contribution is -0.141. The molecule has 3 fully saturated rings. The minimum atomic E-state index is -3.90. The molecule has 5 amide bonds. The van der Waals surface area contributed by atoms with Crippen molar-refractivity contribution in [1.29, 1.82) is 0 Å². The Hall–Kier alpha value is -4.51. The highest BCUT2D eigenvalue weighted by atomic mass is 32.2. The smallest absolute Gasteiger partial charge is 0.407 e. The van der Waals surface area contributed by atoms with Crippen LogP contribution < -0.4 is 25.4 Å². The van der Waals surface area contributed by atoms with Crippen LogP contribution in [-0.2, 0) is 29.1 Å². The van der Waals surface area contributed by atoms with Crippen molar-refractivity contribution in [1.82, 2.24) is 30.6 Å². The van der Waals surface area contributed by atoms with Crippen LogP contribution in [0.25, 0.3) is 10.6 Å². The standard InChI is InChI=1S/C36H44N6O9S2/c43-30-28-21-52-32(38-28)22-9-8-11-25(17-22)50-15-6-7-16-51-35(47)39-27-12-5-3-1-2-4-10-23-19-36(23,34(46)41-53(48,49)26-13-14-26)40-31(44)29-18-24(37-30)20-42(29)33(27)45/h4,8-11,17,21,23-24,26-27,29H,1-3,5-7,12-16,18-20H2,(H,37,43)(H,39,47)(H,40,44)(H,41,46)/t23-,24-,27+,29+,36-/m1/s1. The summed E-state index contributed by atoms with van der Waals surface area (Å²) in [5.41, 5.74) is -0.576. The molecule has 0 unspecified atom stereocenters. The van der Waals surface area contributed by atoms with E-state index in [4.69, 9.17) is 9.47 Å². The molecule has 284 valence electrons. The second-order valence-corrected chi connectivity index (χ2v) is 17.2. The quantitative estimate of drug-likeness (QED) is 0.337. The minimum absolute atomic E-state index is 0.00936. The first-order valence-corrected chi connectivity index (χ1v) is 20.7. The van der Waals surface area contributed by atoms with Crippen LogP contribution in [0.15, 0.2) is 41.8 Å². The molecule has 1 aromatic heterocycles. The molecule has 1 aromatic carbocycles. The van der Waals surface area contributed by atoms with Gasteiger partial charge in [-0.05, 0) is 69.9 Å². The lowest BCUT2D eigenvalue weighted by atomic mass is 10.0. The molecule has 0 radical (unpaired) electrons. The summed E-state index contributed by atoms with van der Waals surface area (Å²) < 4.78 is 39.1. The molecule has 2 aromatic rings. The van der Waals surface area contributed by atoms with Crippen molar-refractivity contribution >= 4 is 51.1 Å². The molecular formula is C36H44N6O9S2. The zero-order chi connectivity index (χ0) is 37.2. The molecule has 1 saturated heterocycles. The number of nitrogens with zero attached hydrogens (tertiary/aromatic N) is 2. The number of benzene rings is 1. The number of nitrogens with one attached hydrogen (secondary N) is 4. The molecule has 2 aliphatic carbocycles. The van der Waals surface area contributed by atoms with Crippen LogP contribution in [0.1, 0.15) is 81.1 Å². The number of amides is 5. The zero-order valence-corrected chi connectivity index (χ0v) is 30.8. The Kier molecular flexibility index (Phi) is 10.7. The molecule has 5 atom stereocenters. The molecule has 5 aliphatic rings. The van der Waals surface area contributed by atoms with Gasteiger partial charge in [0.2, 0.25) is 21.8 Å². The van der Waals surface area contributed by atoms with Crippen LogP contribution in [0.5, 0.6) is 5.75 Å². The van der Waals surface area contributed by atoms with Crippen LogP contribution in [0, 0.1) is 5.92 Å². The average Bonchev–Trinajstić information content (AvgIpc) is 4.01. The van der Waals surface area contributed by atoms with E-state index < -0.39 is 74.6 Å². The summed E-state index contributed by atoms with van der Waals surface area (Å²) in [6.45, 7) is 0.440. The number of carbonyl (C=O) groups is 5. The van der Waals surface area contributed by atoms with Crippen molar-refractivity contribution in [3.8, 4) is 16.3 Å². The van der Waals surface area contributed by atoms with Crippen molar-refractivity contribution in [2.24, 2.45) is 5.92 Å². The zero-order valence-electron chi connectivity index (χ0n) is 29.2. The van der Waals surface area contributed by atoms with Crippen LogP contribution in [0.3, 0.4) is 0 Å².